The SMILES string of the molecule is COC(=O)c1ccc(N=C2S/C(=C\c3ccc(OCc4ccc(Cl)cc4Cl)c(Br)c3)C(=O)N2C)cc1. The summed E-state index contributed by atoms with van der Waals surface area (Å²) in [6.07, 6.45) is 1.80. The van der Waals surface area contributed by atoms with Gasteiger partial charge in [-0.3, -0.25) is 9.69 Å². The summed E-state index contributed by atoms with van der Waals surface area (Å²) in [5.74, 6) is 0.0698. The maximum Gasteiger partial charge on any atom is 0.337 e. The molecular weight excluding hydrogens is 587 g/mol. The van der Waals surface area contributed by atoms with Crippen LogP contribution in [-0.4, -0.2) is 36.1 Å². The molecule has 1 amide bonds. The van der Waals surface area contributed by atoms with Crippen molar-refractivity contribution < 1.29 is 19.1 Å². The van der Waals surface area contributed by atoms with Crippen molar-refractivity contribution in [3.63, 3.8) is 0 Å². The number of benzene rings is 3. The number of esters is 1. The van der Waals surface area contributed by atoms with Gasteiger partial charge in [0.15, 0.2) is 5.17 Å². The Morgan fingerprint density at radius 2 is 1.86 bits per heavy atom. The third-order valence-corrected chi connectivity index (χ3v) is 7.44. The maximum absolute atomic E-state index is 12.8. The molecule has 36 heavy (non-hydrogen) atoms. The Balaban J connectivity index is 1.47. The van der Waals surface area contributed by atoms with Crippen molar-refractivity contribution in [2.45, 2.75) is 6.61 Å². The lowest BCUT2D eigenvalue weighted by molar-refractivity contribution is -0.121. The summed E-state index contributed by atoms with van der Waals surface area (Å²) in [5, 5.41) is 1.64. The third-order valence-electron chi connectivity index (χ3n) is 5.17. The molecule has 0 aliphatic carbocycles. The number of halogens is 3. The number of ether oxygens (including phenoxy) is 2. The molecule has 184 valence electrons. The first kappa shape index (κ1) is 26.3. The minimum absolute atomic E-state index is 0.154. The van der Waals surface area contributed by atoms with Gasteiger partial charge >= 0.3 is 5.97 Å². The molecule has 0 bridgehead atoms. The summed E-state index contributed by atoms with van der Waals surface area (Å²) in [7, 11) is 3.00. The highest BCUT2D eigenvalue weighted by molar-refractivity contribution is 9.10. The predicted molar refractivity (Wildman–Crippen MR) is 148 cm³/mol. The van der Waals surface area contributed by atoms with Crippen LogP contribution in [0.15, 0.2) is 75.0 Å². The molecule has 3 aromatic carbocycles. The molecule has 0 saturated carbocycles. The first-order chi connectivity index (χ1) is 17.2. The lowest BCUT2D eigenvalue weighted by atomic mass is 10.2. The second-order valence-corrected chi connectivity index (χ2v) is 10.3. The van der Waals surface area contributed by atoms with E-state index in [1.807, 2.05) is 24.3 Å². The highest BCUT2D eigenvalue weighted by Gasteiger charge is 2.30. The molecule has 0 radical (unpaired) electrons. The Morgan fingerprint density at radius 1 is 1.11 bits per heavy atom. The number of thioether (sulfide) groups is 1. The highest BCUT2D eigenvalue weighted by atomic mass is 79.9. The van der Waals surface area contributed by atoms with Crippen LogP contribution in [0.25, 0.3) is 6.08 Å². The van der Waals surface area contributed by atoms with Gasteiger partial charge in [-0.15, -0.1) is 0 Å². The number of hydrogen-bond acceptors (Lipinski definition) is 6. The molecule has 0 aromatic heterocycles. The molecule has 0 unspecified atom stereocenters. The fourth-order valence-electron chi connectivity index (χ4n) is 3.22. The van der Waals surface area contributed by atoms with Gasteiger partial charge in [0.1, 0.15) is 12.4 Å². The highest BCUT2D eigenvalue weighted by Crippen LogP contribution is 2.35. The normalized spacial score (nSPS) is 15.6. The van der Waals surface area contributed by atoms with Crippen molar-refractivity contribution in [1.82, 2.24) is 4.90 Å². The molecule has 1 heterocycles. The summed E-state index contributed by atoms with van der Waals surface area (Å²) in [6, 6.07) is 17.5. The Morgan fingerprint density at radius 3 is 2.53 bits per heavy atom. The number of aliphatic imine (C=N–C) groups is 1. The first-order valence-electron chi connectivity index (χ1n) is 10.6. The van der Waals surface area contributed by atoms with Crippen molar-refractivity contribution in [2.75, 3.05) is 14.2 Å². The van der Waals surface area contributed by atoms with Crippen LogP contribution in [0.5, 0.6) is 5.75 Å². The van der Waals surface area contributed by atoms with Crippen LogP contribution >= 0.6 is 50.9 Å². The van der Waals surface area contributed by atoms with E-state index in [-0.39, 0.29) is 12.5 Å². The van der Waals surface area contributed by atoms with Gasteiger partial charge in [0.05, 0.1) is 27.7 Å². The van der Waals surface area contributed by atoms with E-state index < -0.39 is 5.97 Å². The number of rotatable bonds is 6. The number of hydrogen-bond donors (Lipinski definition) is 0. The Bertz CT molecular complexity index is 1390. The number of carbonyl (C=O) groups excluding carboxylic acids is 2. The molecule has 1 fully saturated rings. The first-order valence-corrected chi connectivity index (χ1v) is 12.9. The van der Waals surface area contributed by atoms with Crippen LogP contribution in [0.3, 0.4) is 0 Å². The number of amidine groups is 1. The number of likely N-dealkylation sites (N-methyl/N-ethyl adjacent to an activating group) is 1. The number of amides is 1. The van der Waals surface area contributed by atoms with Crippen molar-refractivity contribution in [3.05, 3.63) is 96.8 Å². The predicted octanol–water partition coefficient (Wildman–Crippen LogP) is 7.36. The molecule has 0 N–H and O–H groups in total. The van der Waals surface area contributed by atoms with Crippen molar-refractivity contribution in [1.29, 1.82) is 0 Å². The van der Waals surface area contributed by atoms with E-state index in [1.165, 1.54) is 23.8 Å². The van der Waals surface area contributed by atoms with Gasteiger partial charge in [0.2, 0.25) is 0 Å². The summed E-state index contributed by atoms with van der Waals surface area (Å²) >= 11 is 17.0. The summed E-state index contributed by atoms with van der Waals surface area (Å²) in [5.41, 5.74) is 2.70. The zero-order chi connectivity index (χ0) is 25.8. The Hall–Kier alpha value is -2.78. The smallest absolute Gasteiger partial charge is 0.337 e. The largest absolute Gasteiger partial charge is 0.488 e. The molecule has 4 rings (SSSR count). The molecule has 10 heteroatoms. The molecule has 1 aliphatic heterocycles. The van der Waals surface area contributed by atoms with E-state index in [0.717, 1.165) is 15.6 Å². The monoisotopic (exact) mass is 604 g/mol. The van der Waals surface area contributed by atoms with Crippen LogP contribution in [0.4, 0.5) is 5.69 Å². The second kappa shape index (κ2) is 11.5. The Labute approximate surface area is 231 Å². The number of methoxy groups -OCH3 is 1. The van der Waals surface area contributed by atoms with Crippen molar-refractivity contribution in [3.8, 4) is 5.75 Å². The standard InChI is InChI=1S/C26H19BrCl2N2O4S/c1-31-24(32)23(36-26(31)30-19-8-5-16(6-9-19)25(33)34-2)12-15-3-10-22(20(27)11-15)35-14-17-4-7-18(28)13-21(17)29/h3-13H,14H2,1-2H3/b23-12-,30-26?. The summed E-state index contributed by atoms with van der Waals surface area (Å²) in [4.78, 5) is 31.0. The topological polar surface area (TPSA) is 68.2 Å². The minimum atomic E-state index is -0.418. The van der Waals surface area contributed by atoms with Gasteiger partial charge in [-0.1, -0.05) is 35.3 Å². The zero-order valence-electron chi connectivity index (χ0n) is 19.1. The summed E-state index contributed by atoms with van der Waals surface area (Å²) < 4.78 is 11.3. The lowest BCUT2D eigenvalue weighted by Crippen LogP contribution is -2.23. The maximum atomic E-state index is 12.8. The Kier molecular flexibility index (Phi) is 8.41. The van der Waals surface area contributed by atoms with Crippen molar-refractivity contribution >= 4 is 79.7 Å². The van der Waals surface area contributed by atoms with Gasteiger partial charge in [-0.25, -0.2) is 9.79 Å². The van der Waals surface area contributed by atoms with Crippen LogP contribution in [0.2, 0.25) is 10.0 Å². The number of nitrogens with zero attached hydrogens (tertiary/aromatic N) is 2. The molecule has 0 atom stereocenters. The molecule has 3 aromatic rings. The summed E-state index contributed by atoms with van der Waals surface area (Å²) in [6.45, 7) is 0.286. The van der Waals surface area contributed by atoms with E-state index in [9.17, 15) is 9.59 Å². The van der Waals surface area contributed by atoms with E-state index in [2.05, 4.69) is 20.9 Å². The fourth-order valence-corrected chi connectivity index (χ4v) is 5.18. The van der Waals surface area contributed by atoms with Gasteiger partial charge in [-0.05, 0) is 87.9 Å². The number of carbonyl (C=O) groups is 2. The van der Waals surface area contributed by atoms with Crippen LogP contribution in [0.1, 0.15) is 21.5 Å². The van der Waals surface area contributed by atoms with Crippen LogP contribution in [0, 0.1) is 0 Å². The van der Waals surface area contributed by atoms with Gasteiger partial charge in [0.25, 0.3) is 5.91 Å². The minimum Gasteiger partial charge on any atom is -0.488 e. The van der Waals surface area contributed by atoms with Crippen molar-refractivity contribution in [2.24, 2.45) is 4.99 Å². The van der Waals surface area contributed by atoms with E-state index in [0.29, 0.717) is 37.1 Å². The van der Waals surface area contributed by atoms with Gasteiger partial charge < -0.3 is 9.47 Å². The molecule has 1 saturated heterocycles. The third kappa shape index (κ3) is 6.13. The van der Waals surface area contributed by atoms with Gasteiger partial charge in [-0.2, -0.15) is 0 Å². The quantitative estimate of drug-likeness (QED) is 0.217. The molecule has 0 spiro atoms. The van der Waals surface area contributed by atoms with E-state index in [1.54, 1.807) is 49.5 Å². The lowest BCUT2D eigenvalue weighted by Gasteiger charge is -2.10. The molecule has 6 nitrogen and oxygen atoms in total. The molecule has 1 aliphatic rings. The average molecular weight is 606 g/mol. The van der Waals surface area contributed by atoms with Crippen LogP contribution in [-0.2, 0) is 16.1 Å². The molecular formula is C26H19BrCl2N2O4S. The van der Waals surface area contributed by atoms with E-state index in [4.69, 9.17) is 32.7 Å². The van der Waals surface area contributed by atoms with Crippen LogP contribution < -0.4 is 4.74 Å². The van der Waals surface area contributed by atoms with Gasteiger partial charge in [0, 0.05) is 22.7 Å². The zero-order valence-corrected chi connectivity index (χ0v) is 23.0. The fraction of sp³-hybridized carbons (Fsp3) is 0.115. The second-order valence-electron chi connectivity index (χ2n) is 7.62. The average Bonchev–Trinajstić information content (AvgIpc) is 3.12. The van der Waals surface area contributed by atoms with E-state index >= 15 is 0 Å².